The van der Waals surface area contributed by atoms with Crippen LogP contribution in [0.1, 0.15) is 0 Å². The fourth-order valence-electron chi connectivity index (χ4n) is 2.00. The number of nitrogens with zero attached hydrogens (tertiary/aromatic N) is 1. The van der Waals surface area contributed by atoms with Crippen LogP contribution in [0.25, 0.3) is 11.1 Å². The smallest absolute Gasteiger partial charge is 0.408 e. The van der Waals surface area contributed by atoms with Crippen LogP contribution in [0.5, 0.6) is 0 Å². The molecule has 3 rings (SSSR count). The van der Waals surface area contributed by atoms with E-state index in [0.29, 0.717) is 16.8 Å². The van der Waals surface area contributed by atoms with Gasteiger partial charge in [0, 0.05) is 30.4 Å². The van der Waals surface area contributed by atoms with Gasteiger partial charge in [0.2, 0.25) is 5.91 Å². The molecule has 2 aromatic rings. The molecule has 2 heterocycles. The first-order valence-electron chi connectivity index (χ1n) is 5.87. The molecule has 1 saturated heterocycles. The number of carbonyl (C=O) groups is 1. The van der Waals surface area contributed by atoms with Crippen LogP contribution in [0.15, 0.2) is 27.4 Å². The van der Waals surface area contributed by atoms with Crippen molar-refractivity contribution >= 4 is 34.5 Å². The van der Waals surface area contributed by atoms with Crippen molar-refractivity contribution < 1.29 is 9.21 Å². The van der Waals surface area contributed by atoms with Crippen molar-refractivity contribution in [3.8, 4) is 0 Å². The van der Waals surface area contributed by atoms with Gasteiger partial charge >= 0.3 is 5.76 Å². The third kappa shape index (κ3) is 2.26. The van der Waals surface area contributed by atoms with E-state index in [9.17, 15) is 9.59 Å². The molecule has 2 N–H and O–H groups in total. The fraction of sp³-hybridized carbons (Fsp3) is 0.333. The van der Waals surface area contributed by atoms with Crippen molar-refractivity contribution in [1.82, 2.24) is 9.88 Å². The summed E-state index contributed by atoms with van der Waals surface area (Å²) in [5.74, 6) is 1.09. The average Bonchev–Trinajstić information content (AvgIpc) is 2.99. The number of aromatic nitrogens is 1. The first kappa shape index (κ1) is 12.3. The summed E-state index contributed by atoms with van der Waals surface area (Å²) in [6.45, 7) is 0. The Bertz CT molecular complexity index is 685. The lowest BCUT2D eigenvalue weighted by Crippen LogP contribution is -2.37. The molecule has 6 nitrogen and oxygen atoms in total. The number of benzene rings is 1. The number of hydrogen-bond donors (Lipinski definition) is 2. The number of thioether (sulfide) groups is 1. The SMILES string of the molecule is Cn1c(=O)oc2cc(NC(=O)C3CSCN3)ccc21. The van der Waals surface area contributed by atoms with Crippen LogP contribution in [0.2, 0.25) is 0 Å². The largest absolute Gasteiger partial charge is 0.419 e. The van der Waals surface area contributed by atoms with Crippen LogP contribution in [0.4, 0.5) is 5.69 Å². The molecule has 0 aliphatic carbocycles. The number of anilines is 1. The minimum Gasteiger partial charge on any atom is -0.408 e. The molecule has 1 aromatic heterocycles. The molecule has 0 radical (unpaired) electrons. The molecule has 1 amide bonds. The summed E-state index contributed by atoms with van der Waals surface area (Å²) in [6.07, 6.45) is 0. The molecule has 7 heteroatoms. The third-order valence-corrected chi connectivity index (χ3v) is 4.03. The van der Waals surface area contributed by atoms with Crippen LogP contribution in [0.3, 0.4) is 0 Å². The molecule has 1 atom stereocenters. The van der Waals surface area contributed by atoms with Gasteiger partial charge in [-0.25, -0.2) is 4.79 Å². The van der Waals surface area contributed by atoms with Gasteiger partial charge in [-0.1, -0.05) is 0 Å². The van der Waals surface area contributed by atoms with Crippen LogP contribution in [0, 0.1) is 0 Å². The molecular weight excluding hydrogens is 266 g/mol. The summed E-state index contributed by atoms with van der Waals surface area (Å²) in [4.78, 5) is 23.3. The summed E-state index contributed by atoms with van der Waals surface area (Å²) in [6, 6.07) is 5.02. The van der Waals surface area contributed by atoms with E-state index in [1.54, 1.807) is 37.0 Å². The molecule has 1 aliphatic heterocycles. The van der Waals surface area contributed by atoms with Crippen molar-refractivity contribution in [2.24, 2.45) is 7.05 Å². The third-order valence-electron chi connectivity index (χ3n) is 3.09. The van der Waals surface area contributed by atoms with Gasteiger partial charge in [-0.05, 0) is 12.1 Å². The van der Waals surface area contributed by atoms with Crippen LogP contribution < -0.4 is 16.4 Å². The van der Waals surface area contributed by atoms with E-state index < -0.39 is 5.76 Å². The Morgan fingerprint density at radius 1 is 1.58 bits per heavy atom. The van der Waals surface area contributed by atoms with Crippen molar-refractivity contribution in [3.05, 3.63) is 28.7 Å². The Kier molecular flexibility index (Phi) is 3.08. The van der Waals surface area contributed by atoms with E-state index >= 15 is 0 Å². The van der Waals surface area contributed by atoms with Crippen LogP contribution in [-0.2, 0) is 11.8 Å². The average molecular weight is 279 g/mol. The molecule has 1 aliphatic rings. The Balaban J connectivity index is 1.85. The summed E-state index contributed by atoms with van der Waals surface area (Å²) in [5, 5.41) is 5.92. The van der Waals surface area contributed by atoms with Crippen molar-refractivity contribution in [2.75, 3.05) is 16.9 Å². The molecule has 0 bridgehead atoms. The van der Waals surface area contributed by atoms with Gasteiger partial charge in [-0.3, -0.25) is 14.7 Å². The standard InChI is InChI=1S/C12H13N3O3S/c1-15-9-3-2-7(4-10(9)18-12(15)17)14-11(16)8-5-19-6-13-8/h2-4,8,13H,5-6H2,1H3,(H,14,16). The maximum atomic E-state index is 11.9. The number of fused-ring (bicyclic) bond motifs is 1. The highest BCUT2D eigenvalue weighted by Gasteiger charge is 2.22. The second kappa shape index (κ2) is 4.75. The van der Waals surface area contributed by atoms with Crippen LogP contribution in [-0.4, -0.2) is 28.1 Å². The number of carbonyl (C=O) groups excluding carboxylic acids is 1. The molecule has 100 valence electrons. The maximum absolute atomic E-state index is 11.9. The molecule has 1 unspecified atom stereocenters. The van der Waals surface area contributed by atoms with Gasteiger partial charge in [-0.2, -0.15) is 0 Å². The van der Waals surface area contributed by atoms with E-state index in [1.165, 1.54) is 4.57 Å². The number of nitrogens with one attached hydrogen (secondary N) is 2. The van der Waals surface area contributed by atoms with E-state index in [0.717, 1.165) is 11.6 Å². The van der Waals surface area contributed by atoms with Crippen molar-refractivity contribution in [3.63, 3.8) is 0 Å². The minimum absolute atomic E-state index is 0.0670. The highest BCUT2D eigenvalue weighted by Crippen LogP contribution is 2.19. The molecule has 1 aromatic carbocycles. The van der Waals surface area contributed by atoms with Crippen molar-refractivity contribution in [1.29, 1.82) is 0 Å². The van der Waals surface area contributed by atoms with Gasteiger partial charge in [-0.15, -0.1) is 11.8 Å². The molecule has 0 saturated carbocycles. The molecule has 1 fully saturated rings. The summed E-state index contributed by atoms with van der Waals surface area (Å²) in [5.41, 5.74) is 1.81. The Morgan fingerprint density at radius 3 is 3.16 bits per heavy atom. The monoisotopic (exact) mass is 279 g/mol. The lowest BCUT2D eigenvalue weighted by atomic mass is 10.2. The van der Waals surface area contributed by atoms with Gasteiger partial charge in [0.25, 0.3) is 0 Å². The molecule has 19 heavy (non-hydrogen) atoms. The summed E-state index contributed by atoms with van der Waals surface area (Å²) >= 11 is 1.69. The van der Waals surface area contributed by atoms with E-state index in [1.807, 2.05) is 0 Å². The topological polar surface area (TPSA) is 76.3 Å². The second-order valence-corrected chi connectivity index (χ2v) is 5.40. The highest BCUT2D eigenvalue weighted by atomic mass is 32.2. The van der Waals surface area contributed by atoms with Gasteiger partial charge < -0.3 is 9.73 Å². The normalized spacial score (nSPS) is 18.9. The van der Waals surface area contributed by atoms with Gasteiger partial charge in [0.05, 0.1) is 11.6 Å². The lowest BCUT2D eigenvalue weighted by molar-refractivity contribution is -0.117. The first-order chi connectivity index (χ1) is 9.15. The zero-order chi connectivity index (χ0) is 13.4. The van der Waals surface area contributed by atoms with Gasteiger partial charge in [0.15, 0.2) is 5.58 Å². The van der Waals surface area contributed by atoms with E-state index in [4.69, 9.17) is 4.42 Å². The quantitative estimate of drug-likeness (QED) is 0.847. The predicted molar refractivity (Wildman–Crippen MR) is 74.3 cm³/mol. The summed E-state index contributed by atoms with van der Waals surface area (Å²) in [7, 11) is 1.64. The van der Waals surface area contributed by atoms with E-state index in [2.05, 4.69) is 10.6 Å². The van der Waals surface area contributed by atoms with Crippen molar-refractivity contribution in [2.45, 2.75) is 6.04 Å². The fourth-order valence-corrected chi connectivity index (χ4v) is 2.95. The minimum atomic E-state index is -0.410. The lowest BCUT2D eigenvalue weighted by Gasteiger charge is -2.10. The zero-order valence-electron chi connectivity index (χ0n) is 10.3. The first-order valence-corrected chi connectivity index (χ1v) is 7.02. The number of rotatable bonds is 2. The van der Waals surface area contributed by atoms with Gasteiger partial charge in [0.1, 0.15) is 0 Å². The van der Waals surface area contributed by atoms with Crippen LogP contribution >= 0.6 is 11.8 Å². The molecular formula is C12H13N3O3S. The molecule has 0 spiro atoms. The predicted octanol–water partition coefficient (Wildman–Crippen LogP) is 0.732. The Labute approximate surface area is 113 Å². The zero-order valence-corrected chi connectivity index (χ0v) is 11.1. The number of amides is 1. The number of hydrogen-bond acceptors (Lipinski definition) is 5. The number of oxazole rings is 1. The summed E-state index contributed by atoms with van der Waals surface area (Å²) < 4.78 is 6.51. The number of aryl methyl sites for hydroxylation is 1. The highest BCUT2D eigenvalue weighted by molar-refractivity contribution is 7.99. The second-order valence-electron chi connectivity index (χ2n) is 4.37. The van der Waals surface area contributed by atoms with E-state index in [-0.39, 0.29) is 11.9 Å². The Hall–Kier alpha value is -1.73. The Morgan fingerprint density at radius 2 is 2.42 bits per heavy atom. The maximum Gasteiger partial charge on any atom is 0.419 e.